The van der Waals surface area contributed by atoms with Crippen LogP contribution < -0.4 is 37.9 Å². The number of carboxylic acid groups (broad SMARTS) is 1. The van der Waals surface area contributed by atoms with E-state index in [1.165, 1.54) is 12.1 Å². The van der Waals surface area contributed by atoms with Crippen molar-refractivity contribution in [1.29, 1.82) is 0 Å². The second-order valence-corrected chi connectivity index (χ2v) is 12.1. The number of amides is 3. The number of carbonyl (C=O) groups is 4. The molecule has 49 heavy (non-hydrogen) atoms. The SMILES string of the molecule is Cc1c(C(=O)O)ccc2c1CC[C@@H]2NC(=O)c1cc(C(=O)NCc2ccc3c(c2)CN(c2c(N)c(=O)c2=O)CC3)n2nnc(C(N)=O)c2n1. The number of hydrogen-bond acceptors (Lipinski definition) is 11. The highest BCUT2D eigenvalue weighted by Crippen LogP contribution is 2.35. The van der Waals surface area contributed by atoms with Crippen molar-refractivity contribution < 1.29 is 24.3 Å². The molecule has 1 aliphatic carbocycles. The Morgan fingerprint density at radius 3 is 2.55 bits per heavy atom. The minimum absolute atomic E-state index is 0.0290. The van der Waals surface area contributed by atoms with Crippen LogP contribution in [0.2, 0.25) is 0 Å². The molecule has 2 aliphatic rings. The van der Waals surface area contributed by atoms with Crippen molar-refractivity contribution in [1.82, 2.24) is 30.4 Å². The number of fused-ring (bicyclic) bond motifs is 3. The first-order chi connectivity index (χ1) is 23.4. The molecule has 3 amide bonds. The lowest BCUT2D eigenvalue weighted by molar-refractivity contribution is 0.0695. The van der Waals surface area contributed by atoms with Crippen molar-refractivity contribution in [3.8, 4) is 0 Å². The van der Waals surface area contributed by atoms with Gasteiger partial charge in [-0.3, -0.25) is 24.0 Å². The quantitative estimate of drug-likeness (QED) is 0.141. The Morgan fingerprint density at radius 1 is 1.02 bits per heavy atom. The molecular formula is C33H29N9O7. The number of anilines is 2. The molecule has 3 aromatic carbocycles. The zero-order valence-electron chi connectivity index (χ0n) is 26.1. The molecular weight excluding hydrogens is 634 g/mol. The molecule has 0 unspecified atom stereocenters. The number of primary amides is 1. The molecule has 248 valence electrons. The highest BCUT2D eigenvalue weighted by Gasteiger charge is 2.30. The van der Waals surface area contributed by atoms with Gasteiger partial charge in [0.05, 0.1) is 11.6 Å². The predicted molar refractivity (Wildman–Crippen MR) is 174 cm³/mol. The Bertz CT molecular complexity index is 2340. The summed E-state index contributed by atoms with van der Waals surface area (Å²) in [4.78, 5) is 80.6. The first-order valence-electron chi connectivity index (χ1n) is 15.4. The van der Waals surface area contributed by atoms with Gasteiger partial charge in [0, 0.05) is 25.7 Å². The van der Waals surface area contributed by atoms with Gasteiger partial charge < -0.3 is 32.1 Å². The zero-order chi connectivity index (χ0) is 34.7. The van der Waals surface area contributed by atoms with Crippen LogP contribution in [0.5, 0.6) is 0 Å². The average molecular weight is 664 g/mol. The molecule has 16 heteroatoms. The van der Waals surface area contributed by atoms with Gasteiger partial charge in [0.2, 0.25) is 0 Å². The first-order valence-corrected chi connectivity index (χ1v) is 15.4. The summed E-state index contributed by atoms with van der Waals surface area (Å²) in [7, 11) is 0. The smallest absolute Gasteiger partial charge is 0.335 e. The minimum atomic E-state index is -1.03. The number of rotatable bonds is 8. The van der Waals surface area contributed by atoms with Gasteiger partial charge in [-0.05, 0) is 65.6 Å². The van der Waals surface area contributed by atoms with Crippen LogP contribution in [0, 0.1) is 6.92 Å². The molecule has 0 radical (unpaired) electrons. The van der Waals surface area contributed by atoms with Crippen LogP contribution in [0.4, 0.5) is 11.4 Å². The van der Waals surface area contributed by atoms with Crippen molar-refractivity contribution >= 4 is 40.7 Å². The second-order valence-electron chi connectivity index (χ2n) is 12.1. The largest absolute Gasteiger partial charge is 0.478 e. The van der Waals surface area contributed by atoms with Crippen LogP contribution >= 0.6 is 0 Å². The van der Waals surface area contributed by atoms with Crippen LogP contribution in [0.25, 0.3) is 5.65 Å². The molecule has 1 aliphatic heterocycles. The highest BCUT2D eigenvalue weighted by atomic mass is 16.4. The van der Waals surface area contributed by atoms with E-state index < -0.39 is 40.6 Å². The van der Waals surface area contributed by atoms with Gasteiger partial charge in [0.15, 0.2) is 11.3 Å². The van der Waals surface area contributed by atoms with Gasteiger partial charge in [0.1, 0.15) is 22.8 Å². The Morgan fingerprint density at radius 2 is 1.82 bits per heavy atom. The van der Waals surface area contributed by atoms with E-state index in [0.717, 1.165) is 32.3 Å². The normalized spacial score (nSPS) is 15.2. The molecule has 1 atom stereocenters. The maximum Gasteiger partial charge on any atom is 0.335 e. The van der Waals surface area contributed by atoms with Gasteiger partial charge in [-0.1, -0.05) is 29.5 Å². The van der Waals surface area contributed by atoms with E-state index in [4.69, 9.17) is 11.5 Å². The van der Waals surface area contributed by atoms with E-state index in [9.17, 15) is 33.9 Å². The van der Waals surface area contributed by atoms with Crippen LogP contribution in [0.1, 0.15) is 87.7 Å². The number of nitrogens with one attached hydrogen (secondary N) is 2. The third-order valence-electron chi connectivity index (χ3n) is 9.28. The van der Waals surface area contributed by atoms with Crippen molar-refractivity contribution in [2.45, 2.75) is 45.3 Å². The van der Waals surface area contributed by atoms with E-state index >= 15 is 0 Å². The van der Waals surface area contributed by atoms with Crippen molar-refractivity contribution in [3.63, 3.8) is 0 Å². The van der Waals surface area contributed by atoms with Gasteiger partial charge in [-0.15, -0.1) is 5.10 Å². The molecule has 2 aromatic heterocycles. The number of hydrogen-bond donors (Lipinski definition) is 5. The summed E-state index contributed by atoms with van der Waals surface area (Å²) in [6.45, 7) is 2.72. The molecule has 0 bridgehead atoms. The molecule has 0 saturated carbocycles. The summed E-state index contributed by atoms with van der Waals surface area (Å²) in [5.74, 6) is -3.25. The standard InChI is InChI=1S/C33H29N9O7/c1-14-18-6-7-21(20(18)5-4-19(14)33(48)49)38-31(46)22-11-23(42-30(37-22)25(29(35)45)39-40-42)32(47)36-12-15-2-3-16-8-9-41(13-17(16)10-15)26-24(34)27(43)28(26)44/h2-5,10-11,21H,6-9,12-13,34H2,1H3,(H2,35,45)(H,36,47)(H,38,46)(H,48,49)/t21-/m0/s1. The first kappa shape index (κ1) is 31.2. The summed E-state index contributed by atoms with van der Waals surface area (Å²) in [6, 6.07) is 9.70. The minimum Gasteiger partial charge on any atom is -0.478 e. The average Bonchev–Trinajstić information content (AvgIpc) is 3.71. The fourth-order valence-electron chi connectivity index (χ4n) is 6.70. The van der Waals surface area contributed by atoms with Crippen molar-refractivity contribution in [3.05, 3.63) is 113 Å². The number of nitrogen functional groups attached to an aromatic ring is 1. The fraction of sp³-hybridized carbons (Fsp3) is 0.242. The molecule has 7 N–H and O–H groups in total. The number of carbonyl (C=O) groups excluding carboxylic acids is 3. The van der Waals surface area contributed by atoms with Crippen LogP contribution in [-0.4, -0.2) is 55.2 Å². The summed E-state index contributed by atoms with van der Waals surface area (Å²) in [5.41, 5.74) is 14.6. The fourth-order valence-corrected chi connectivity index (χ4v) is 6.70. The summed E-state index contributed by atoms with van der Waals surface area (Å²) >= 11 is 0. The number of benzene rings is 2. The number of nitrogens with two attached hydrogens (primary N) is 2. The topological polar surface area (TPSA) is 245 Å². The predicted octanol–water partition coefficient (Wildman–Crippen LogP) is 0.318. The van der Waals surface area contributed by atoms with Crippen LogP contribution in [-0.2, 0) is 25.9 Å². The Kier molecular flexibility index (Phi) is 7.42. The van der Waals surface area contributed by atoms with Gasteiger partial charge in [-0.2, -0.15) is 4.52 Å². The lowest BCUT2D eigenvalue weighted by Crippen LogP contribution is -2.44. The van der Waals surface area contributed by atoms with E-state index in [1.54, 1.807) is 17.9 Å². The summed E-state index contributed by atoms with van der Waals surface area (Å²) < 4.78 is 1.04. The van der Waals surface area contributed by atoms with Crippen LogP contribution in [0.15, 0.2) is 46.0 Å². The molecule has 0 saturated heterocycles. The molecule has 0 fully saturated rings. The van der Waals surface area contributed by atoms with Crippen LogP contribution in [0.3, 0.4) is 0 Å². The molecule has 5 aromatic rings. The zero-order valence-corrected chi connectivity index (χ0v) is 26.1. The van der Waals surface area contributed by atoms with Crippen molar-refractivity contribution in [2.24, 2.45) is 5.73 Å². The lowest BCUT2D eigenvalue weighted by Gasteiger charge is -2.32. The third kappa shape index (κ3) is 5.22. The second kappa shape index (κ2) is 11.7. The van der Waals surface area contributed by atoms with Gasteiger partial charge >= 0.3 is 5.97 Å². The number of nitrogens with zero attached hydrogens (tertiary/aromatic N) is 5. The number of aromatic nitrogens is 4. The number of aromatic carboxylic acids is 1. The van der Waals surface area contributed by atoms with E-state index in [0.29, 0.717) is 37.9 Å². The maximum absolute atomic E-state index is 13.6. The van der Waals surface area contributed by atoms with E-state index in [-0.39, 0.29) is 46.2 Å². The lowest BCUT2D eigenvalue weighted by atomic mass is 9.96. The maximum atomic E-state index is 13.6. The molecule has 0 spiro atoms. The summed E-state index contributed by atoms with van der Waals surface area (Å²) in [5, 5.41) is 22.9. The monoisotopic (exact) mass is 663 g/mol. The van der Waals surface area contributed by atoms with E-state index in [2.05, 4.69) is 25.9 Å². The Labute approximate surface area is 276 Å². The molecule has 3 heterocycles. The van der Waals surface area contributed by atoms with Gasteiger partial charge in [0.25, 0.3) is 28.6 Å². The third-order valence-corrected chi connectivity index (χ3v) is 9.28. The summed E-state index contributed by atoms with van der Waals surface area (Å²) in [6.07, 6.45) is 1.74. The Balaban J connectivity index is 1.12. The van der Waals surface area contributed by atoms with Gasteiger partial charge in [-0.25, -0.2) is 9.78 Å². The van der Waals surface area contributed by atoms with E-state index in [1.807, 2.05) is 18.2 Å². The molecule has 7 rings (SSSR count). The highest BCUT2D eigenvalue weighted by molar-refractivity contribution is 6.01. The van der Waals surface area contributed by atoms with Crippen molar-refractivity contribution in [2.75, 3.05) is 17.2 Å². The molecule has 16 nitrogen and oxygen atoms in total. The number of carboxylic acids is 1. The Hall–Kier alpha value is -6.45.